The van der Waals surface area contributed by atoms with Crippen molar-refractivity contribution in [1.29, 1.82) is 0 Å². The van der Waals surface area contributed by atoms with Crippen LogP contribution < -0.4 is 10.6 Å². The Labute approximate surface area is 147 Å². The zero-order valence-electron chi connectivity index (χ0n) is 14.3. The van der Waals surface area contributed by atoms with E-state index in [0.717, 1.165) is 25.8 Å². The molecule has 2 amide bonds. The quantitative estimate of drug-likeness (QED) is 0.840. The molecule has 0 unspecified atom stereocenters. The number of anilines is 1. The highest BCUT2D eigenvalue weighted by Gasteiger charge is 2.44. The number of carbonyl (C=O) groups excluding carboxylic acids is 1. The number of nitrogens with zero attached hydrogens (tertiary/aromatic N) is 3. The lowest BCUT2D eigenvalue weighted by molar-refractivity contribution is -0.0530. The molecule has 0 aromatic carbocycles. The number of aromatic nitrogens is 2. The lowest BCUT2D eigenvalue weighted by Crippen LogP contribution is -2.50. The fourth-order valence-electron chi connectivity index (χ4n) is 3.48. The maximum absolute atomic E-state index is 12.4. The summed E-state index contributed by atoms with van der Waals surface area (Å²) in [6.07, 6.45) is 6.48. The Morgan fingerprint density at radius 3 is 3.00 bits per heavy atom. The second-order valence-corrected chi connectivity index (χ2v) is 7.22. The van der Waals surface area contributed by atoms with Gasteiger partial charge in [-0.3, -0.25) is 0 Å². The van der Waals surface area contributed by atoms with E-state index in [0.29, 0.717) is 50.8 Å². The lowest BCUT2D eigenvalue weighted by atomic mass is 9.94. The number of hydrogen-bond acceptors (Lipinski definition) is 6. The van der Waals surface area contributed by atoms with Gasteiger partial charge in [0.15, 0.2) is 0 Å². The molecule has 2 aliphatic heterocycles. The fraction of sp³-hybridized carbons (Fsp3) is 0.706. The van der Waals surface area contributed by atoms with Gasteiger partial charge in [0.1, 0.15) is 5.60 Å². The molecule has 3 fully saturated rings. The molecule has 1 saturated carbocycles. The SMILES string of the molecule is O=C(NC1CC1)N1CCOC[C@]2(C[C@H](CNc3ncccn3)CO2)C1. The summed E-state index contributed by atoms with van der Waals surface area (Å²) in [5.74, 6) is 0.977. The third kappa shape index (κ3) is 4.19. The van der Waals surface area contributed by atoms with Crippen molar-refractivity contribution in [2.75, 3.05) is 44.8 Å². The molecule has 136 valence electrons. The van der Waals surface area contributed by atoms with E-state index in [2.05, 4.69) is 20.6 Å². The standard InChI is InChI=1S/C17H25N5O3/c23-16(21-14-2-3-14)22-6-7-24-12-17(11-22)8-13(10-25-17)9-20-15-18-4-1-5-19-15/h1,4-5,13-14H,2-3,6-12H2,(H,21,23)(H,18,19,20)/t13-,17+/m1/s1. The monoisotopic (exact) mass is 347 g/mol. The summed E-state index contributed by atoms with van der Waals surface area (Å²) in [6.45, 7) is 3.71. The van der Waals surface area contributed by atoms with Gasteiger partial charge in [-0.2, -0.15) is 0 Å². The first-order chi connectivity index (χ1) is 12.2. The Morgan fingerprint density at radius 1 is 1.36 bits per heavy atom. The van der Waals surface area contributed by atoms with Crippen LogP contribution >= 0.6 is 0 Å². The topological polar surface area (TPSA) is 88.6 Å². The number of carbonyl (C=O) groups is 1. The predicted molar refractivity (Wildman–Crippen MR) is 91.3 cm³/mol. The third-order valence-corrected chi connectivity index (χ3v) is 4.94. The average molecular weight is 347 g/mol. The Kier molecular flexibility index (Phi) is 4.72. The molecular formula is C17H25N5O3. The van der Waals surface area contributed by atoms with Gasteiger partial charge in [-0.25, -0.2) is 14.8 Å². The maximum Gasteiger partial charge on any atom is 0.317 e. The zero-order chi connectivity index (χ0) is 17.1. The highest BCUT2D eigenvalue weighted by Crippen LogP contribution is 2.33. The Hall–Kier alpha value is -1.93. The van der Waals surface area contributed by atoms with E-state index < -0.39 is 5.60 Å². The van der Waals surface area contributed by atoms with Crippen molar-refractivity contribution in [1.82, 2.24) is 20.2 Å². The van der Waals surface area contributed by atoms with Crippen molar-refractivity contribution < 1.29 is 14.3 Å². The molecule has 2 atom stereocenters. The van der Waals surface area contributed by atoms with Crippen LogP contribution in [0, 0.1) is 5.92 Å². The summed E-state index contributed by atoms with van der Waals surface area (Å²) in [5.41, 5.74) is -0.402. The molecule has 4 rings (SSSR count). The van der Waals surface area contributed by atoms with Crippen LogP contribution in [0.15, 0.2) is 18.5 Å². The lowest BCUT2D eigenvalue weighted by Gasteiger charge is -2.31. The Bertz CT molecular complexity index is 597. The van der Waals surface area contributed by atoms with Crippen LogP contribution in [0.5, 0.6) is 0 Å². The predicted octanol–water partition coefficient (Wildman–Crippen LogP) is 0.868. The van der Waals surface area contributed by atoms with Crippen molar-refractivity contribution in [3.63, 3.8) is 0 Å². The number of hydrogen-bond donors (Lipinski definition) is 2. The first kappa shape index (κ1) is 16.5. The summed E-state index contributed by atoms with van der Waals surface area (Å²) in [4.78, 5) is 22.6. The Balaban J connectivity index is 1.33. The van der Waals surface area contributed by atoms with Crippen molar-refractivity contribution >= 4 is 12.0 Å². The van der Waals surface area contributed by atoms with Crippen molar-refractivity contribution in [2.24, 2.45) is 5.92 Å². The maximum atomic E-state index is 12.4. The summed E-state index contributed by atoms with van der Waals surface area (Å²) in [7, 11) is 0. The summed E-state index contributed by atoms with van der Waals surface area (Å²) in [5, 5.41) is 6.32. The minimum atomic E-state index is -0.402. The van der Waals surface area contributed by atoms with Crippen molar-refractivity contribution in [3.8, 4) is 0 Å². The van der Waals surface area contributed by atoms with E-state index in [1.807, 2.05) is 4.90 Å². The largest absolute Gasteiger partial charge is 0.377 e. The van der Waals surface area contributed by atoms with E-state index in [4.69, 9.17) is 9.47 Å². The number of ether oxygens (including phenoxy) is 2. The Morgan fingerprint density at radius 2 is 2.20 bits per heavy atom. The van der Waals surface area contributed by atoms with Gasteiger partial charge in [-0.05, 0) is 25.3 Å². The normalized spacial score (nSPS) is 29.4. The molecule has 3 aliphatic rings. The van der Waals surface area contributed by atoms with E-state index in [1.165, 1.54) is 0 Å². The van der Waals surface area contributed by atoms with Crippen LogP contribution in [-0.4, -0.2) is 72.0 Å². The van der Waals surface area contributed by atoms with E-state index in [1.54, 1.807) is 18.5 Å². The van der Waals surface area contributed by atoms with Crippen LogP contribution in [0.4, 0.5) is 10.7 Å². The van der Waals surface area contributed by atoms with Gasteiger partial charge in [-0.15, -0.1) is 0 Å². The van der Waals surface area contributed by atoms with Crippen LogP contribution in [0.1, 0.15) is 19.3 Å². The van der Waals surface area contributed by atoms with Gasteiger partial charge >= 0.3 is 6.03 Å². The second kappa shape index (κ2) is 7.13. The van der Waals surface area contributed by atoms with Gasteiger partial charge in [0.05, 0.1) is 26.4 Å². The highest BCUT2D eigenvalue weighted by molar-refractivity contribution is 5.75. The van der Waals surface area contributed by atoms with Gasteiger partial charge in [0, 0.05) is 37.4 Å². The molecule has 8 heteroatoms. The first-order valence-electron chi connectivity index (χ1n) is 9.00. The molecule has 1 aromatic rings. The minimum Gasteiger partial charge on any atom is -0.377 e. The van der Waals surface area contributed by atoms with E-state index in [-0.39, 0.29) is 6.03 Å². The summed E-state index contributed by atoms with van der Waals surface area (Å²) < 4.78 is 11.9. The van der Waals surface area contributed by atoms with Crippen LogP contribution in [0.2, 0.25) is 0 Å². The number of nitrogens with one attached hydrogen (secondary N) is 2. The first-order valence-corrected chi connectivity index (χ1v) is 9.00. The van der Waals surface area contributed by atoms with Gasteiger partial charge < -0.3 is 25.0 Å². The van der Waals surface area contributed by atoms with Gasteiger partial charge in [0.25, 0.3) is 0 Å². The molecule has 0 bridgehead atoms. The summed E-state index contributed by atoms with van der Waals surface area (Å²) >= 11 is 0. The van der Waals surface area contributed by atoms with Crippen LogP contribution in [0.3, 0.4) is 0 Å². The molecule has 2 N–H and O–H groups in total. The summed E-state index contributed by atoms with van der Waals surface area (Å²) in [6, 6.07) is 2.17. The van der Waals surface area contributed by atoms with Gasteiger partial charge in [-0.1, -0.05) is 0 Å². The fourth-order valence-corrected chi connectivity index (χ4v) is 3.48. The van der Waals surface area contributed by atoms with Crippen LogP contribution in [-0.2, 0) is 9.47 Å². The molecular weight excluding hydrogens is 322 g/mol. The molecule has 1 spiro atoms. The molecule has 8 nitrogen and oxygen atoms in total. The van der Waals surface area contributed by atoms with Crippen LogP contribution in [0.25, 0.3) is 0 Å². The number of rotatable bonds is 4. The number of urea groups is 1. The van der Waals surface area contributed by atoms with E-state index in [9.17, 15) is 4.79 Å². The molecule has 0 radical (unpaired) electrons. The number of amides is 2. The van der Waals surface area contributed by atoms with E-state index >= 15 is 0 Å². The molecule has 2 saturated heterocycles. The second-order valence-electron chi connectivity index (χ2n) is 7.22. The minimum absolute atomic E-state index is 0.00948. The smallest absolute Gasteiger partial charge is 0.317 e. The van der Waals surface area contributed by atoms with Gasteiger partial charge in [0.2, 0.25) is 5.95 Å². The molecule has 1 aliphatic carbocycles. The third-order valence-electron chi connectivity index (χ3n) is 4.94. The molecule has 1 aromatic heterocycles. The average Bonchev–Trinajstić information content (AvgIpc) is 3.38. The van der Waals surface area contributed by atoms with Crippen molar-refractivity contribution in [2.45, 2.75) is 30.9 Å². The van der Waals surface area contributed by atoms with Crippen molar-refractivity contribution in [3.05, 3.63) is 18.5 Å². The highest BCUT2D eigenvalue weighted by atomic mass is 16.5. The molecule has 25 heavy (non-hydrogen) atoms. The zero-order valence-corrected chi connectivity index (χ0v) is 14.3. The molecule has 3 heterocycles.